The Balaban J connectivity index is 2.03. The van der Waals surface area contributed by atoms with Crippen LogP contribution in [0.15, 0.2) is 17.6 Å². The second-order valence-corrected chi connectivity index (χ2v) is 5.35. The van der Waals surface area contributed by atoms with E-state index in [2.05, 4.69) is 4.98 Å². The number of nitrogens with two attached hydrogens (primary N) is 1. The minimum absolute atomic E-state index is 0.195. The Bertz CT molecular complexity index is 574. The largest absolute Gasteiger partial charge is 0.454 e. The van der Waals surface area contributed by atoms with Gasteiger partial charge in [0, 0.05) is 18.1 Å². The zero-order valence-electron chi connectivity index (χ0n) is 11.0. The van der Waals surface area contributed by atoms with Gasteiger partial charge in [-0.2, -0.15) is 0 Å². The Morgan fingerprint density at radius 1 is 1.58 bits per heavy atom. The number of esters is 1. The molecule has 0 atom stereocenters. The smallest absolute Gasteiger partial charge is 0.355 e. The Morgan fingerprint density at radius 3 is 3.00 bits per heavy atom. The average Bonchev–Trinajstić information content (AvgIpc) is 2.93. The molecule has 0 saturated heterocycles. The SMILES string of the molecule is CCCn1cc(N)cc1C(=O)OCc1csc(C)n1. The van der Waals surface area contributed by atoms with Crippen molar-refractivity contribution in [3.8, 4) is 0 Å². The van der Waals surface area contributed by atoms with E-state index in [0.29, 0.717) is 11.4 Å². The number of ether oxygens (including phenoxy) is 1. The number of hydrogen-bond donors (Lipinski definition) is 1. The number of rotatable bonds is 5. The molecule has 2 N–H and O–H groups in total. The first-order chi connectivity index (χ1) is 9.10. The first-order valence-corrected chi connectivity index (χ1v) is 7.02. The number of anilines is 1. The quantitative estimate of drug-likeness (QED) is 0.854. The van der Waals surface area contributed by atoms with Crippen molar-refractivity contribution in [1.82, 2.24) is 9.55 Å². The Kier molecular flexibility index (Phi) is 4.21. The van der Waals surface area contributed by atoms with Crippen LogP contribution in [0.5, 0.6) is 0 Å². The van der Waals surface area contributed by atoms with Crippen LogP contribution in [0.3, 0.4) is 0 Å². The predicted octanol–water partition coefficient (Wildman–Crippen LogP) is 2.60. The van der Waals surface area contributed by atoms with Crippen molar-refractivity contribution in [3.05, 3.63) is 34.0 Å². The van der Waals surface area contributed by atoms with Crippen molar-refractivity contribution in [2.24, 2.45) is 0 Å². The van der Waals surface area contributed by atoms with E-state index in [1.165, 1.54) is 11.3 Å². The summed E-state index contributed by atoms with van der Waals surface area (Å²) in [6.45, 7) is 4.91. The Morgan fingerprint density at radius 2 is 2.37 bits per heavy atom. The van der Waals surface area contributed by atoms with Crippen molar-refractivity contribution < 1.29 is 9.53 Å². The van der Waals surface area contributed by atoms with E-state index in [0.717, 1.165) is 23.7 Å². The van der Waals surface area contributed by atoms with Gasteiger partial charge in [-0.05, 0) is 19.4 Å². The van der Waals surface area contributed by atoms with E-state index >= 15 is 0 Å². The summed E-state index contributed by atoms with van der Waals surface area (Å²) in [4.78, 5) is 16.3. The highest BCUT2D eigenvalue weighted by Crippen LogP contribution is 2.14. The van der Waals surface area contributed by atoms with E-state index in [1.54, 1.807) is 12.3 Å². The highest BCUT2D eigenvalue weighted by atomic mass is 32.1. The topological polar surface area (TPSA) is 70.1 Å². The maximum absolute atomic E-state index is 12.0. The number of carbonyl (C=O) groups is 1. The van der Waals surface area contributed by atoms with Crippen molar-refractivity contribution >= 4 is 23.0 Å². The molecule has 6 heteroatoms. The lowest BCUT2D eigenvalue weighted by Gasteiger charge is -2.07. The number of aromatic nitrogens is 2. The Labute approximate surface area is 116 Å². The van der Waals surface area contributed by atoms with Gasteiger partial charge in [-0.15, -0.1) is 11.3 Å². The molecule has 0 spiro atoms. The first kappa shape index (κ1) is 13.6. The molecule has 0 aliphatic heterocycles. The van der Waals surface area contributed by atoms with Crippen molar-refractivity contribution in [2.75, 3.05) is 5.73 Å². The lowest BCUT2D eigenvalue weighted by Crippen LogP contribution is -2.11. The fraction of sp³-hybridized carbons (Fsp3) is 0.385. The fourth-order valence-corrected chi connectivity index (χ4v) is 2.41. The second-order valence-electron chi connectivity index (χ2n) is 4.29. The maximum Gasteiger partial charge on any atom is 0.355 e. The summed E-state index contributed by atoms with van der Waals surface area (Å²) in [5, 5.41) is 2.85. The van der Waals surface area contributed by atoms with Crippen molar-refractivity contribution in [1.29, 1.82) is 0 Å². The van der Waals surface area contributed by atoms with E-state index in [4.69, 9.17) is 10.5 Å². The van der Waals surface area contributed by atoms with E-state index in [-0.39, 0.29) is 12.6 Å². The number of thiazole rings is 1. The van der Waals surface area contributed by atoms with Crippen LogP contribution in [0.25, 0.3) is 0 Å². The van der Waals surface area contributed by atoms with E-state index in [9.17, 15) is 4.79 Å². The van der Waals surface area contributed by atoms with Gasteiger partial charge in [0.2, 0.25) is 0 Å². The molecular weight excluding hydrogens is 262 g/mol. The number of nitrogen functional groups attached to an aromatic ring is 1. The predicted molar refractivity (Wildman–Crippen MR) is 75.1 cm³/mol. The van der Waals surface area contributed by atoms with Gasteiger partial charge in [0.25, 0.3) is 0 Å². The molecule has 0 amide bonds. The zero-order chi connectivity index (χ0) is 13.8. The van der Waals surface area contributed by atoms with E-state index < -0.39 is 0 Å². The third-order valence-electron chi connectivity index (χ3n) is 2.61. The van der Waals surface area contributed by atoms with Gasteiger partial charge in [0.15, 0.2) is 0 Å². The number of nitrogens with zero attached hydrogens (tertiary/aromatic N) is 2. The molecule has 0 aliphatic rings. The Hall–Kier alpha value is -1.82. The highest BCUT2D eigenvalue weighted by Gasteiger charge is 2.14. The highest BCUT2D eigenvalue weighted by molar-refractivity contribution is 7.09. The van der Waals surface area contributed by atoms with Gasteiger partial charge in [0.1, 0.15) is 12.3 Å². The summed E-state index contributed by atoms with van der Waals surface area (Å²) in [5.74, 6) is -0.365. The van der Waals surface area contributed by atoms with Crippen LogP contribution in [0.4, 0.5) is 5.69 Å². The summed E-state index contributed by atoms with van der Waals surface area (Å²) in [6.07, 6.45) is 2.69. The molecule has 2 rings (SSSR count). The molecule has 5 nitrogen and oxygen atoms in total. The van der Waals surface area contributed by atoms with Gasteiger partial charge in [0.05, 0.1) is 16.4 Å². The molecule has 102 valence electrons. The zero-order valence-corrected chi connectivity index (χ0v) is 11.9. The average molecular weight is 279 g/mol. The van der Waals surface area contributed by atoms with Gasteiger partial charge < -0.3 is 15.0 Å². The van der Waals surface area contributed by atoms with Crippen LogP contribution in [0.2, 0.25) is 0 Å². The van der Waals surface area contributed by atoms with E-state index in [1.807, 2.05) is 23.8 Å². The summed E-state index contributed by atoms with van der Waals surface area (Å²) in [5.41, 5.74) is 7.56. The number of hydrogen-bond acceptors (Lipinski definition) is 5. The van der Waals surface area contributed by atoms with Crippen LogP contribution < -0.4 is 5.73 Å². The van der Waals surface area contributed by atoms with Crippen LogP contribution >= 0.6 is 11.3 Å². The normalized spacial score (nSPS) is 10.6. The second kappa shape index (κ2) is 5.88. The maximum atomic E-state index is 12.0. The molecule has 2 aromatic rings. The molecular formula is C13H17N3O2S. The molecule has 0 radical (unpaired) electrons. The molecule has 0 fully saturated rings. The van der Waals surface area contributed by atoms with Crippen LogP contribution in [-0.2, 0) is 17.9 Å². The third-order valence-corrected chi connectivity index (χ3v) is 3.43. The van der Waals surface area contributed by atoms with Gasteiger partial charge >= 0.3 is 5.97 Å². The third kappa shape index (κ3) is 3.35. The lowest BCUT2D eigenvalue weighted by atomic mass is 10.4. The van der Waals surface area contributed by atoms with Crippen LogP contribution in [0, 0.1) is 6.92 Å². The molecule has 0 bridgehead atoms. The van der Waals surface area contributed by atoms with Gasteiger partial charge in [-0.3, -0.25) is 0 Å². The van der Waals surface area contributed by atoms with Crippen LogP contribution in [-0.4, -0.2) is 15.5 Å². The number of carbonyl (C=O) groups excluding carboxylic acids is 1. The standard InChI is InChI=1S/C13H17N3O2S/c1-3-4-16-6-10(14)5-12(16)13(17)18-7-11-8-19-9(2)15-11/h5-6,8H,3-4,7,14H2,1-2H3. The van der Waals surface area contributed by atoms with Gasteiger partial charge in [-0.1, -0.05) is 6.92 Å². The fourth-order valence-electron chi connectivity index (χ4n) is 1.82. The van der Waals surface area contributed by atoms with Crippen LogP contribution in [0.1, 0.15) is 34.5 Å². The molecule has 0 aliphatic carbocycles. The molecule has 0 unspecified atom stereocenters. The van der Waals surface area contributed by atoms with Crippen molar-refractivity contribution in [2.45, 2.75) is 33.4 Å². The number of aryl methyl sites for hydroxylation is 2. The summed E-state index contributed by atoms with van der Waals surface area (Å²) in [6, 6.07) is 1.64. The minimum atomic E-state index is -0.365. The van der Waals surface area contributed by atoms with Gasteiger partial charge in [-0.25, -0.2) is 9.78 Å². The first-order valence-electron chi connectivity index (χ1n) is 6.14. The van der Waals surface area contributed by atoms with Crippen molar-refractivity contribution in [3.63, 3.8) is 0 Å². The molecule has 19 heavy (non-hydrogen) atoms. The minimum Gasteiger partial charge on any atom is -0.454 e. The summed E-state index contributed by atoms with van der Waals surface area (Å²) >= 11 is 1.54. The molecule has 2 heterocycles. The summed E-state index contributed by atoms with van der Waals surface area (Å²) < 4.78 is 7.08. The molecule has 0 aromatic carbocycles. The molecule has 0 saturated carbocycles. The molecule has 2 aromatic heterocycles. The monoisotopic (exact) mass is 279 g/mol. The summed E-state index contributed by atoms with van der Waals surface area (Å²) in [7, 11) is 0. The lowest BCUT2D eigenvalue weighted by molar-refractivity contribution is 0.0455.